The van der Waals surface area contributed by atoms with E-state index in [1.165, 1.54) is 4.31 Å². The van der Waals surface area contributed by atoms with Gasteiger partial charge in [-0.1, -0.05) is 0 Å². The van der Waals surface area contributed by atoms with Crippen LogP contribution in [0.3, 0.4) is 0 Å². The van der Waals surface area contributed by atoms with Crippen molar-refractivity contribution in [2.24, 2.45) is 0 Å². The van der Waals surface area contributed by atoms with Crippen LogP contribution in [0.2, 0.25) is 0 Å². The van der Waals surface area contributed by atoms with Crippen LogP contribution < -0.4 is 0 Å². The van der Waals surface area contributed by atoms with Gasteiger partial charge in [0.1, 0.15) is 0 Å². The molecule has 0 bridgehead atoms. The number of hydrogen-bond donors (Lipinski definition) is 0. The molecular formula is C9H18N2O4S2. The minimum atomic E-state index is -3.43. The molecule has 2 saturated heterocycles. The first-order valence-corrected chi connectivity index (χ1v) is 9.02. The molecule has 17 heavy (non-hydrogen) atoms. The minimum Gasteiger partial charge on any atom is -0.304 e. The van der Waals surface area contributed by atoms with E-state index >= 15 is 0 Å². The van der Waals surface area contributed by atoms with E-state index in [4.69, 9.17) is 0 Å². The summed E-state index contributed by atoms with van der Waals surface area (Å²) in [7, 11) is -4.62. The summed E-state index contributed by atoms with van der Waals surface area (Å²) in [6.07, 6.45) is 0.247. The van der Waals surface area contributed by atoms with Gasteiger partial charge < -0.3 is 4.90 Å². The van der Waals surface area contributed by atoms with Gasteiger partial charge in [0.15, 0.2) is 9.84 Å². The van der Waals surface area contributed by atoms with Crippen molar-refractivity contribution in [3.8, 4) is 0 Å². The van der Waals surface area contributed by atoms with E-state index in [1.54, 1.807) is 0 Å². The highest BCUT2D eigenvalue weighted by Crippen LogP contribution is 2.22. The van der Waals surface area contributed by atoms with Crippen LogP contribution in [0.25, 0.3) is 0 Å². The Morgan fingerprint density at radius 3 is 2.18 bits per heavy atom. The summed E-state index contributed by atoms with van der Waals surface area (Å²) in [6.45, 7) is 2.35. The number of sulfone groups is 1. The third kappa shape index (κ3) is 2.81. The van der Waals surface area contributed by atoms with E-state index in [9.17, 15) is 16.8 Å². The van der Waals surface area contributed by atoms with Crippen molar-refractivity contribution in [2.75, 3.05) is 44.7 Å². The number of sulfonamides is 1. The fourth-order valence-electron chi connectivity index (χ4n) is 2.25. The third-order valence-corrected chi connectivity index (χ3v) is 7.74. The molecule has 2 aliphatic heterocycles. The molecule has 0 aromatic rings. The second kappa shape index (κ2) is 4.49. The molecule has 2 fully saturated rings. The van der Waals surface area contributed by atoms with E-state index in [0.717, 1.165) is 0 Å². The second-order valence-corrected chi connectivity index (χ2v) is 9.21. The topological polar surface area (TPSA) is 74.8 Å². The second-order valence-electron chi connectivity index (χ2n) is 4.77. The maximum absolute atomic E-state index is 12.2. The Morgan fingerprint density at radius 1 is 1.12 bits per heavy atom. The summed E-state index contributed by atoms with van der Waals surface area (Å²) in [4.78, 5) is 2.07. The van der Waals surface area contributed by atoms with Gasteiger partial charge >= 0.3 is 0 Å². The van der Waals surface area contributed by atoms with Gasteiger partial charge in [0.2, 0.25) is 10.0 Å². The maximum atomic E-state index is 12.2. The van der Waals surface area contributed by atoms with Gasteiger partial charge in [-0.15, -0.1) is 0 Å². The lowest BCUT2D eigenvalue weighted by molar-refractivity contribution is 0.221. The largest absolute Gasteiger partial charge is 0.304 e. The van der Waals surface area contributed by atoms with E-state index < -0.39 is 25.1 Å². The molecule has 8 heteroatoms. The van der Waals surface area contributed by atoms with E-state index in [-0.39, 0.29) is 17.9 Å². The van der Waals surface area contributed by atoms with Crippen LogP contribution in [0.1, 0.15) is 6.42 Å². The fraction of sp³-hybridized carbons (Fsp3) is 1.00. The standard InChI is InChI=1S/C9H18N2O4S2/c1-10-3-5-11(6-4-10)17(14,15)9-2-7-16(12,13)8-9/h9H,2-8H2,1H3/t9-/m1/s1. The molecule has 0 aromatic heterocycles. The number of piperazine rings is 1. The lowest BCUT2D eigenvalue weighted by Crippen LogP contribution is -2.50. The Morgan fingerprint density at radius 2 is 1.71 bits per heavy atom. The van der Waals surface area contributed by atoms with Gasteiger partial charge in [-0.2, -0.15) is 4.31 Å². The molecule has 2 heterocycles. The number of rotatable bonds is 2. The Labute approximate surface area is 103 Å². The van der Waals surface area contributed by atoms with E-state index in [0.29, 0.717) is 26.2 Å². The summed E-state index contributed by atoms with van der Waals surface area (Å²) >= 11 is 0. The highest BCUT2D eigenvalue weighted by molar-refractivity contribution is 7.95. The van der Waals surface area contributed by atoms with Gasteiger partial charge in [0.25, 0.3) is 0 Å². The maximum Gasteiger partial charge on any atom is 0.218 e. The first-order valence-electron chi connectivity index (χ1n) is 5.69. The van der Waals surface area contributed by atoms with Crippen LogP contribution >= 0.6 is 0 Å². The zero-order valence-corrected chi connectivity index (χ0v) is 11.5. The minimum absolute atomic E-state index is 0.00460. The monoisotopic (exact) mass is 282 g/mol. The van der Waals surface area contributed by atoms with Gasteiger partial charge in [-0.3, -0.25) is 0 Å². The van der Waals surface area contributed by atoms with Crippen LogP contribution in [0, 0.1) is 0 Å². The molecule has 0 aliphatic carbocycles. The highest BCUT2D eigenvalue weighted by atomic mass is 32.2. The molecule has 0 saturated carbocycles. The van der Waals surface area contributed by atoms with Gasteiger partial charge in [0, 0.05) is 26.2 Å². The smallest absolute Gasteiger partial charge is 0.218 e. The predicted octanol–water partition coefficient (Wildman–Crippen LogP) is -1.25. The lowest BCUT2D eigenvalue weighted by atomic mass is 10.4. The number of nitrogens with zero attached hydrogens (tertiary/aromatic N) is 2. The van der Waals surface area contributed by atoms with E-state index in [2.05, 4.69) is 4.90 Å². The Bertz CT molecular complexity index is 477. The molecule has 0 amide bonds. The number of likely N-dealkylation sites (N-methyl/N-ethyl adjacent to an activating group) is 1. The zero-order valence-electron chi connectivity index (χ0n) is 9.87. The molecule has 2 aliphatic rings. The first kappa shape index (κ1) is 13.3. The summed E-state index contributed by atoms with van der Waals surface area (Å²) in [6, 6.07) is 0. The lowest BCUT2D eigenvalue weighted by Gasteiger charge is -2.33. The zero-order chi connectivity index (χ0) is 12.7. The highest BCUT2D eigenvalue weighted by Gasteiger charge is 2.40. The fourth-order valence-corrected chi connectivity index (χ4v) is 6.76. The van der Waals surface area contributed by atoms with Crippen molar-refractivity contribution < 1.29 is 16.8 Å². The average molecular weight is 282 g/mol. The molecule has 6 nitrogen and oxygen atoms in total. The quantitative estimate of drug-likeness (QED) is 0.633. The summed E-state index contributed by atoms with van der Waals surface area (Å²) in [5.74, 6) is -0.202. The summed E-state index contributed by atoms with van der Waals surface area (Å²) in [5, 5.41) is -0.726. The third-order valence-electron chi connectivity index (χ3n) is 3.43. The van der Waals surface area contributed by atoms with Crippen LogP contribution in [-0.2, 0) is 19.9 Å². The van der Waals surface area contributed by atoms with Crippen molar-refractivity contribution in [2.45, 2.75) is 11.7 Å². The normalized spacial score (nSPS) is 31.7. The van der Waals surface area contributed by atoms with Crippen molar-refractivity contribution in [1.82, 2.24) is 9.21 Å². The molecule has 0 unspecified atom stereocenters. The first-order chi connectivity index (χ1) is 7.81. The van der Waals surface area contributed by atoms with Crippen molar-refractivity contribution >= 4 is 19.9 Å². The van der Waals surface area contributed by atoms with Crippen molar-refractivity contribution in [1.29, 1.82) is 0 Å². The molecule has 0 aromatic carbocycles. The molecule has 100 valence electrons. The Kier molecular flexibility index (Phi) is 3.50. The SMILES string of the molecule is CN1CCN(S(=O)(=O)[C@@H]2CCS(=O)(=O)C2)CC1. The number of hydrogen-bond acceptors (Lipinski definition) is 5. The van der Waals surface area contributed by atoms with E-state index in [1.807, 2.05) is 7.05 Å². The Hall–Kier alpha value is -0.180. The van der Waals surface area contributed by atoms with Crippen LogP contribution in [0.15, 0.2) is 0 Å². The molecular weight excluding hydrogens is 264 g/mol. The van der Waals surface area contributed by atoms with Gasteiger partial charge in [-0.05, 0) is 13.5 Å². The molecule has 0 radical (unpaired) electrons. The molecule has 0 N–H and O–H groups in total. The summed E-state index contributed by atoms with van der Waals surface area (Å²) in [5.41, 5.74) is 0. The van der Waals surface area contributed by atoms with Crippen molar-refractivity contribution in [3.05, 3.63) is 0 Å². The van der Waals surface area contributed by atoms with Gasteiger partial charge in [0.05, 0.1) is 16.8 Å². The molecule has 2 rings (SSSR count). The van der Waals surface area contributed by atoms with Crippen molar-refractivity contribution in [3.63, 3.8) is 0 Å². The van der Waals surface area contributed by atoms with Gasteiger partial charge in [-0.25, -0.2) is 16.8 Å². The predicted molar refractivity (Wildman–Crippen MR) is 65.0 cm³/mol. The molecule has 0 spiro atoms. The molecule has 1 atom stereocenters. The Balaban J connectivity index is 2.09. The summed E-state index contributed by atoms with van der Waals surface area (Å²) < 4.78 is 48.6. The van der Waals surface area contributed by atoms with Crippen LogP contribution in [-0.4, -0.2) is 76.0 Å². The van der Waals surface area contributed by atoms with Crippen LogP contribution in [0.4, 0.5) is 0 Å². The average Bonchev–Trinajstić information content (AvgIpc) is 2.60. The van der Waals surface area contributed by atoms with Crippen LogP contribution in [0.5, 0.6) is 0 Å².